The number of H-pyrrole nitrogens is 1. The summed E-state index contributed by atoms with van der Waals surface area (Å²) >= 11 is 12.0. The Morgan fingerprint density at radius 3 is 2.89 bits per heavy atom. The zero-order chi connectivity index (χ0) is 12.5. The highest BCUT2D eigenvalue weighted by Crippen LogP contribution is 2.27. The molecular weight excluding hydrogens is 271 g/mol. The molecule has 0 radical (unpaired) electrons. The Morgan fingerprint density at radius 2 is 2.11 bits per heavy atom. The number of rotatable bonds is 2. The van der Waals surface area contributed by atoms with E-state index < -0.39 is 0 Å². The summed E-state index contributed by atoms with van der Waals surface area (Å²) in [7, 11) is 0. The van der Waals surface area contributed by atoms with Crippen LogP contribution in [-0.4, -0.2) is 22.7 Å². The molecular formula is C13H14Cl2N2O. The minimum absolute atomic E-state index is 0.283. The number of benzene rings is 1. The van der Waals surface area contributed by atoms with Gasteiger partial charge in [-0.05, 0) is 31.4 Å². The van der Waals surface area contributed by atoms with Gasteiger partial charge >= 0.3 is 0 Å². The van der Waals surface area contributed by atoms with Gasteiger partial charge in [-0.15, -0.1) is 0 Å². The predicted molar refractivity (Wildman–Crippen MR) is 73.4 cm³/mol. The molecule has 0 spiro atoms. The van der Waals surface area contributed by atoms with Crippen molar-refractivity contribution in [3.05, 3.63) is 28.0 Å². The summed E-state index contributed by atoms with van der Waals surface area (Å²) < 4.78 is 5.71. The van der Waals surface area contributed by atoms with Gasteiger partial charge in [0.1, 0.15) is 5.82 Å². The second-order valence-electron chi connectivity index (χ2n) is 4.66. The largest absolute Gasteiger partial charge is 0.378 e. The van der Waals surface area contributed by atoms with E-state index in [-0.39, 0.29) is 6.10 Å². The molecule has 1 unspecified atom stereocenters. The summed E-state index contributed by atoms with van der Waals surface area (Å²) in [4.78, 5) is 7.81. The number of aromatic nitrogens is 2. The van der Waals surface area contributed by atoms with Crippen LogP contribution in [0.1, 0.15) is 25.1 Å². The Balaban J connectivity index is 1.84. The molecule has 3 rings (SSSR count). The lowest BCUT2D eigenvalue weighted by atomic mass is 10.1. The summed E-state index contributed by atoms with van der Waals surface area (Å²) in [5, 5.41) is 1.09. The third kappa shape index (κ3) is 2.48. The molecule has 1 N–H and O–H groups in total. The first-order chi connectivity index (χ1) is 8.72. The van der Waals surface area contributed by atoms with Crippen LogP contribution in [0.4, 0.5) is 0 Å². The van der Waals surface area contributed by atoms with Crippen molar-refractivity contribution in [1.29, 1.82) is 0 Å². The highest BCUT2D eigenvalue weighted by atomic mass is 35.5. The van der Waals surface area contributed by atoms with E-state index >= 15 is 0 Å². The SMILES string of the molecule is Clc1cc2nc(CC3CCCCO3)[nH]c2cc1Cl. The predicted octanol–water partition coefficient (Wildman–Crippen LogP) is 3.98. The molecule has 96 valence electrons. The number of fused-ring (bicyclic) bond motifs is 1. The molecule has 0 aliphatic carbocycles. The molecule has 2 aromatic rings. The van der Waals surface area contributed by atoms with Gasteiger partial charge in [0.15, 0.2) is 0 Å². The number of imidazole rings is 1. The maximum absolute atomic E-state index is 5.98. The van der Waals surface area contributed by atoms with Gasteiger partial charge < -0.3 is 9.72 Å². The normalized spacial score (nSPS) is 20.4. The van der Waals surface area contributed by atoms with E-state index in [1.165, 1.54) is 12.8 Å². The molecule has 0 bridgehead atoms. The molecule has 5 heteroatoms. The minimum atomic E-state index is 0.283. The van der Waals surface area contributed by atoms with Crippen LogP contribution in [0.5, 0.6) is 0 Å². The quantitative estimate of drug-likeness (QED) is 0.906. The van der Waals surface area contributed by atoms with Crippen molar-refractivity contribution in [2.24, 2.45) is 0 Å². The van der Waals surface area contributed by atoms with Crippen molar-refractivity contribution in [3.8, 4) is 0 Å². The smallest absolute Gasteiger partial charge is 0.109 e. The van der Waals surface area contributed by atoms with E-state index in [0.29, 0.717) is 10.0 Å². The van der Waals surface area contributed by atoms with Gasteiger partial charge in [-0.25, -0.2) is 4.98 Å². The highest BCUT2D eigenvalue weighted by molar-refractivity contribution is 6.42. The number of halogens is 2. The molecule has 3 nitrogen and oxygen atoms in total. The van der Waals surface area contributed by atoms with Crippen LogP contribution in [-0.2, 0) is 11.2 Å². The molecule has 1 aliphatic rings. The zero-order valence-electron chi connectivity index (χ0n) is 9.88. The lowest BCUT2D eigenvalue weighted by Crippen LogP contribution is -2.21. The molecule has 2 heterocycles. The lowest BCUT2D eigenvalue weighted by molar-refractivity contribution is 0.0158. The fourth-order valence-electron chi connectivity index (χ4n) is 2.34. The Morgan fingerprint density at radius 1 is 1.28 bits per heavy atom. The minimum Gasteiger partial charge on any atom is -0.378 e. The third-order valence-electron chi connectivity index (χ3n) is 3.27. The average Bonchev–Trinajstić information content (AvgIpc) is 2.72. The van der Waals surface area contributed by atoms with Crippen molar-refractivity contribution in [1.82, 2.24) is 9.97 Å². The standard InChI is InChI=1S/C13H14Cl2N2O/c14-9-6-11-12(7-10(9)15)17-13(16-11)5-8-3-1-2-4-18-8/h6-8H,1-5H2,(H,16,17). The van der Waals surface area contributed by atoms with Gasteiger partial charge in [0.2, 0.25) is 0 Å². The molecule has 1 aromatic carbocycles. The van der Waals surface area contributed by atoms with Gasteiger partial charge in [0.25, 0.3) is 0 Å². The van der Waals surface area contributed by atoms with Crippen LogP contribution >= 0.6 is 23.2 Å². The van der Waals surface area contributed by atoms with Gasteiger partial charge in [-0.2, -0.15) is 0 Å². The Bertz CT molecular complexity index is 522. The number of hydrogen-bond donors (Lipinski definition) is 1. The van der Waals surface area contributed by atoms with E-state index in [1.54, 1.807) is 6.07 Å². The molecule has 1 fully saturated rings. The fourth-order valence-corrected chi connectivity index (χ4v) is 2.66. The van der Waals surface area contributed by atoms with Crippen molar-refractivity contribution >= 4 is 34.2 Å². The van der Waals surface area contributed by atoms with E-state index in [2.05, 4.69) is 9.97 Å². The monoisotopic (exact) mass is 284 g/mol. The topological polar surface area (TPSA) is 37.9 Å². The van der Waals surface area contributed by atoms with E-state index in [1.807, 2.05) is 6.07 Å². The molecule has 1 aromatic heterocycles. The van der Waals surface area contributed by atoms with Crippen LogP contribution in [0.15, 0.2) is 12.1 Å². The first-order valence-corrected chi connectivity index (χ1v) is 6.93. The molecule has 0 amide bonds. The van der Waals surface area contributed by atoms with E-state index in [0.717, 1.165) is 36.3 Å². The number of nitrogens with one attached hydrogen (secondary N) is 1. The summed E-state index contributed by atoms with van der Waals surface area (Å²) in [5.74, 6) is 0.940. The number of aromatic amines is 1. The second-order valence-corrected chi connectivity index (χ2v) is 5.47. The van der Waals surface area contributed by atoms with E-state index in [9.17, 15) is 0 Å². The van der Waals surface area contributed by atoms with Crippen molar-refractivity contribution in [2.75, 3.05) is 6.61 Å². The average molecular weight is 285 g/mol. The second kappa shape index (κ2) is 5.08. The molecule has 1 atom stereocenters. The maximum atomic E-state index is 5.98. The molecule has 0 saturated carbocycles. The van der Waals surface area contributed by atoms with Crippen LogP contribution in [0.25, 0.3) is 11.0 Å². The van der Waals surface area contributed by atoms with Gasteiger partial charge in [-0.3, -0.25) is 0 Å². The Kier molecular flexibility index (Phi) is 3.46. The summed E-state index contributed by atoms with van der Waals surface area (Å²) in [6, 6.07) is 3.61. The fraction of sp³-hybridized carbons (Fsp3) is 0.462. The Hall–Kier alpha value is -0.770. The first kappa shape index (κ1) is 12.3. The summed E-state index contributed by atoms with van der Waals surface area (Å²) in [6.07, 6.45) is 4.62. The van der Waals surface area contributed by atoms with Gasteiger partial charge in [-0.1, -0.05) is 23.2 Å². The zero-order valence-corrected chi connectivity index (χ0v) is 11.4. The van der Waals surface area contributed by atoms with Crippen molar-refractivity contribution < 1.29 is 4.74 Å². The third-order valence-corrected chi connectivity index (χ3v) is 3.99. The van der Waals surface area contributed by atoms with Gasteiger partial charge in [0, 0.05) is 13.0 Å². The molecule has 1 aliphatic heterocycles. The van der Waals surface area contributed by atoms with Crippen molar-refractivity contribution in [2.45, 2.75) is 31.8 Å². The van der Waals surface area contributed by atoms with E-state index in [4.69, 9.17) is 27.9 Å². The Labute approximate surface area is 115 Å². The number of ether oxygens (including phenoxy) is 1. The highest BCUT2D eigenvalue weighted by Gasteiger charge is 2.16. The molecule has 1 saturated heterocycles. The van der Waals surface area contributed by atoms with Crippen LogP contribution in [0.3, 0.4) is 0 Å². The summed E-state index contributed by atoms with van der Waals surface area (Å²) in [6.45, 7) is 0.864. The van der Waals surface area contributed by atoms with Crippen molar-refractivity contribution in [3.63, 3.8) is 0 Å². The molecule has 18 heavy (non-hydrogen) atoms. The van der Waals surface area contributed by atoms with Crippen LogP contribution < -0.4 is 0 Å². The number of hydrogen-bond acceptors (Lipinski definition) is 2. The summed E-state index contributed by atoms with van der Waals surface area (Å²) in [5.41, 5.74) is 1.78. The first-order valence-electron chi connectivity index (χ1n) is 6.17. The lowest BCUT2D eigenvalue weighted by Gasteiger charge is -2.21. The van der Waals surface area contributed by atoms with Crippen LogP contribution in [0.2, 0.25) is 10.0 Å². The number of nitrogens with zero attached hydrogens (tertiary/aromatic N) is 1. The van der Waals surface area contributed by atoms with Gasteiger partial charge in [0.05, 0.1) is 27.2 Å². The maximum Gasteiger partial charge on any atom is 0.109 e. The van der Waals surface area contributed by atoms with Crippen LogP contribution in [0, 0.1) is 0 Å².